The van der Waals surface area contributed by atoms with Gasteiger partial charge in [-0.1, -0.05) is 0 Å². The van der Waals surface area contributed by atoms with E-state index in [4.69, 9.17) is 5.73 Å². The number of primary amides is 1. The van der Waals surface area contributed by atoms with Crippen LogP contribution in [0.5, 0.6) is 0 Å². The summed E-state index contributed by atoms with van der Waals surface area (Å²) in [5.41, 5.74) is 8.18. The Morgan fingerprint density at radius 3 is 2.63 bits per heavy atom. The van der Waals surface area contributed by atoms with Crippen molar-refractivity contribution in [2.75, 3.05) is 20.1 Å². The second kappa shape index (κ2) is 6.77. The number of hydrogen-bond donors (Lipinski definition) is 3. The highest BCUT2D eigenvalue weighted by Crippen LogP contribution is 2.11. The van der Waals surface area contributed by atoms with Crippen molar-refractivity contribution in [2.45, 2.75) is 26.7 Å². The summed E-state index contributed by atoms with van der Waals surface area (Å²) in [4.78, 5) is 23.7. The number of H-pyrrole nitrogens is 1. The quantitative estimate of drug-likeness (QED) is 0.680. The minimum absolute atomic E-state index is 0.0599. The highest BCUT2D eigenvalue weighted by Gasteiger charge is 2.10. The molecule has 106 valence electrons. The molecule has 0 aliphatic rings. The number of amides is 3. The highest BCUT2D eigenvalue weighted by atomic mass is 16.2. The summed E-state index contributed by atoms with van der Waals surface area (Å²) in [5, 5.41) is 9.35. The van der Waals surface area contributed by atoms with Crippen LogP contribution in [0.4, 0.5) is 4.79 Å². The maximum atomic E-state index is 11.6. The monoisotopic (exact) mass is 267 g/mol. The predicted molar refractivity (Wildman–Crippen MR) is 71.6 cm³/mol. The fourth-order valence-corrected chi connectivity index (χ4v) is 1.86. The van der Waals surface area contributed by atoms with Gasteiger partial charge in [0.15, 0.2) is 0 Å². The molecule has 0 unspecified atom stereocenters. The molecule has 0 saturated carbocycles. The van der Waals surface area contributed by atoms with E-state index < -0.39 is 6.03 Å². The van der Waals surface area contributed by atoms with Crippen LogP contribution in [0.3, 0.4) is 0 Å². The number of carbonyl (C=O) groups is 2. The first-order valence-corrected chi connectivity index (χ1v) is 6.19. The first-order chi connectivity index (χ1) is 8.91. The van der Waals surface area contributed by atoms with E-state index in [-0.39, 0.29) is 12.5 Å². The Morgan fingerprint density at radius 1 is 1.42 bits per heavy atom. The molecular formula is C12H21N5O2. The van der Waals surface area contributed by atoms with E-state index >= 15 is 0 Å². The summed E-state index contributed by atoms with van der Waals surface area (Å²) < 4.78 is 0. The largest absolute Gasteiger partial charge is 0.352 e. The van der Waals surface area contributed by atoms with E-state index in [1.165, 1.54) is 5.56 Å². The van der Waals surface area contributed by atoms with Gasteiger partial charge in [-0.15, -0.1) is 0 Å². The Labute approximate surface area is 112 Å². The van der Waals surface area contributed by atoms with Gasteiger partial charge in [0.1, 0.15) is 0 Å². The second-order valence-corrected chi connectivity index (χ2v) is 4.55. The molecule has 0 radical (unpaired) electrons. The van der Waals surface area contributed by atoms with E-state index in [9.17, 15) is 9.59 Å². The summed E-state index contributed by atoms with van der Waals surface area (Å²) in [6, 6.07) is -0.689. The summed E-state index contributed by atoms with van der Waals surface area (Å²) in [6.45, 7) is 4.52. The maximum Gasteiger partial charge on any atom is 0.312 e. The number of hydrogen-bond acceptors (Lipinski definition) is 3. The third-order valence-electron chi connectivity index (χ3n) is 3.04. The molecule has 1 heterocycles. The molecule has 0 spiro atoms. The molecule has 0 aromatic carbocycles. The minimum atomic E-state index is -0.689. The number of nitrogens with zero attached hydrogens (tertiary/aromatic N) is 2. The number of nitrogens with two attached hydrogens (primary N) is 1. The van der Waals surface area contributed by atoms with E-state index in [1.807, 2.05) is 13.8 Å². The van der Waals surface area contributed by atoms with E-state index in [0.29, 0.717) is 6.54 Å². The third-order valence-corrected chi connectivity index (χ3v) is 3.04. The van der Waals surface area contributed by atoms with Gasteiger partial charge in [0.05, 0.1) is 12.2 Å². The fourth-order valence-electron chi connectivity index (χ4n) is 1.86. The molecule has 0 bridgehead atoms. The van der Waals surface area contributed by atoms with E-state index in [2.05, 4.69) is 15.5 Å². The Morgan fingerprint density at radius 2 is 2.11 bits per heavy atom. The van der Waals surface area contributed by atoms with E-state index in [1.54, 1.807) is 11.9 Å². The zero-order chi connectivity index (χ0) is 14.4. The molecule has 7 heteroatoms. The van der Waals surface area contributed by atoms with Crippen molar-refractivity contribution in [1.29, 1.82) is 0 Å². The summed E-state index contributed by atoms with van der Waals surface area (Å²) in [5.74, 6) is -0.153. The number of likely N-dealkylation sites (N-methyl/N-ethyl adjacent to an activating group) is 1. The standard InChI is InChI=1S/C12H21N5O2/c1-8-10(9(2)16-15-8)5-4-6-17(3)11(18)7-14-12(13)19/h4-7H2,1-3H3,(H,15,16)(H3,13,14,19). The van der Waals surface area contributed by atoms with Gasteiger partial charge in [0.25, 0.3) is 0 Å². The molecule has 0 aliphatic heterocycles. The van der Waals surface area contributed by atoms with Gasteiger partial charge in [0.2, 0.25) is 5.91 Å². The van der Waals surface area contributed by atoms with Gasteiger partial charge >= 0.3 is 6.03 Å². The van der Waals surface area contributed by atoms with Crippen LogP contribution in [0, 0.1) is 13.8 Å². The van der Waals surface area contributed by atoms with Crippen molar-refractivity contribution < 1.29 is 9.59 Å². The lowest BCUT2D eigenvalue weighted by atomic mass is 10.1. The van der Waals surface area contributed by atoms with Crippen LogP contribution in [0.15, 0.2) is 0 Å². The molecule has 3 amide bonds. The summed E-state index contributed by atoms with van der Waals surface area (Å²) in [7, 11) is 1.71. The number of carbonyl (C=O) groups excluding carboxylic acids is 2. The number of aromatic nitrogens is 2. The molecule has 1 rings (SSSR count). The molecule has 0 atom stereocenters. The van der Waals surface area contributed by atoms with Gasteiger partial charge in [0, 0.05) is 19.3 Å². The lowest BCUT2D eigenvalue weighted by molar-refractivity contribution is -0.128. The van der Waals surface area contributed by atoms with Gasteiger partial charge in [-0.2, -0.15) is 5.10 Å². The zero-order valence-electron chi connectivity index (χ0n) is 11.6. The molecule has 7 nitrogen and oxygen atoms in total. The molecule has 0 aliphatic carbocycles. The normalized spacial score (nSPS) is 10.3. The number of aromatic amines is 1. The number of rotatable bonds is 6. The SMILES string of the molecule is Cc1n[nH]c(C)c1CCCN(C)C(=O)CNC(N)=O. The molecule has 19 heavy (non-hydrogen) atoms. The molecule has 1 aromatic rings. The smallest absolute Gasteiger partial charge is 0.312 e. The Hall–Kier alpha value is -2.05. The van der Waals surface area contributed by atoms with Crippen molar-refractivity contribution in [3.63, 3.8) is 0 Å². The molecule has 0 saturated heterocycles. The van der Waals surface area contributed by atoms with Crippen molar-refractivity contribution >= 4 is 11.9 Å². The zero-order valence-corrected chi connectivity index (χ0v) is 11.6. The maximum absolute atomic E-state index is 11.6. The Bertz CT molecular complexity index is 435. The predicted octanol–water partition coefficient (Wildman–Crippen LogP) is 0.0858. The van der Waals surface area contributed by atoms with Crippen LogP contribution >= 0.6 is 0 Å². The van der Waals surface area contributed by atoms with Crippen LogP contribution in [-0.4, -0.2) is 47.2 Å². The molecule has 4 N–H and O–H groups in total. The van der Waals surface area contributed by atoms with Crippen LogP contribution in [0.1, 0.15) is 23.4 Å². The van der Waals surface area contributed by atoms with Crippen LogP contribution in [-0.2, 0) is 11.2 Å². The average molecular weight is 267 g/mol. The molecule has 1 aromatic heterocycles. The van der Waals surface area contributed by atoms with Crippen molar-refractivity contribution in [3.05, 3.63) is 17.0 Å². The van der Waals surface area contributed by atoms with Crippen molar-refractivity contribution in [3.8, 4) is 0 Å². The van der Waals surface area contributed by atoms with Crippen LogP contribution in [0.2, 0.25) is 0 Å². The Balaban J connectivity index is 2.32. The van der Waals surface area contributed by atoms with E-state index in [0.717, 1.165) is 24.2 Å². The number of urea groups is 1. The molecule has 0 fully saturated rings. The second-order valence-electron chi connectivity index (χ2n) is 4.55. The average Bonchev–Trinajstić information content (AvgIpc) is 2.67. The highest BCUT2D eigenvalue weighted by molar-refractivity contribution is 5.83. The molecular weight excluding hydrogens is 246 g/mol. The lowest BCUT2D eigenvalue weighted by Gasteiger charge is -2.17. The third kappa shape index (κ3) is 4.61. The van der Waals surface area contributed by atoms with Gasteiger partial charge in [-0.05, 0) is 32.3 Å². The first kappa shape index (κ1) is 15.0. The van der Waals surface area contributed by atoms with Crippen molar-refractivity contribution in [2.24, 2.45) is 5.73 Å². The first-order valence-electron chi connectivity index (χ1n) is 6.19. The summed E-state index contributed by atoms with van der Waals surface area (Å²) >= 11 is 0. The topological polar surface area (TPSA) is 104 Å². The Kier molecular flexibility index (Phi) is 5.35. The minimum Gasteiger partial charge on any atom is -0.352 e. The number of nitrogens with one attached hydrogen (secondary N) is 2. The summed E-state index contributed by atoms with van der Waals surface area (Å²) in [6.07, 6.45) is 1.72. The van der Waals surface area contributed by atoms with Gasteiger partial charge in [-0.25, -0.2) is 4.79 Å². The fraction of sp³-hybridized carbons (Fsp3) is 0.583. The lowest BCUT2D eigenvalue weighted by Crippen LogP contribution is -2.40. The van der Waals surface area contributed by atoms with Crippen LogP contribution in [0.25, 0.3) is 0 Å². The number of aryl methyl sites for hydroxylation is 2. The van der Waals surface area contributed by atoms with Crippen molar-refractivity contribution in [1.82, 2.24) is 20.4 Å². The van der Waals surface area contributed by atoms with Gasteiger partial charge < -0.3 is 16.0 Å². The van der Waals surface area contributed by atoms with Gasteiger partial charge in [-0.3, -0.25) is 9.89 Å². The van der Waals surface area contributed by atoms with Crippen LogP contribution < -0.4 is 11.1 Å².